The maximum absolute atomic E-state index is 12.2. The van der Waals surface area contributed by atoms with E-state index in [4.69, 9.17) is 0 Å². The minimum absolute atomic E-state index is 0.0856. The Morgan fingerprint density at radius 2 is 1.87 bits per heavy atom. The van der Waals surface area contributed by atoms with Gasteiger partial charge in [-0.15, -0.1) is 0 Å². The van der Waals surface area contributed by atoms with Crippen LogP contribution in [0.25, 0.3) is 0 Å². The number of amides is 3. The lowest BCUT2D eigenvalue weighted by Gasteiger charge is -2.13. The largest absolute Gasteiger partial charge is 0.356 e. The summed E-state index contributed by atoms with van der Waals surface area (Å²) in [6.07, 6.45) is 4.03. The molecule has 1 aromatic carbocycles. The minimum Gasteiger partial charge on any atom is -0.356 e. The lowest BCUT2D eigenvalue weighted by Crippen LogP contribution is -2.35. The second-order valence-corrected chi connectivity index (χ2v) is 5.23. The van der Waals surface area contributed by atoms with E-state index < -0.39 is 0 Å². The van der Waals surface area contributed by atoms with Crippen molar-refractivity contribution in [1.29, 1.82) is 0 Å². The Hall–Kier alpha value is -2.96. The summed E-state index contributed by atoms with van der Waals surface area (Å²) < 4.78 is 0. The van der Waals surface area contributed by atoms with Crippen LogP contribution >= 0.6 is 0 Å². The first-order chi connectivity index (χ1) is 11.2. The van der Waals surface area contributed by atoms with E-state index in [2.05, 4.69) is 15.3 Å². The molecule has 0 radical (unpaired) electrons. The van der Waals surface area contributed by atoms with Gasteiger partial charge < -0.3 is 10.3 Å². The molecule has 0 fully saturated rings. The first-order valence-electron chi connectivity index (χ1n) is 7.36. The van der Waals surface area contributed by atoms with Gasteiger partial charge in [-0.25, -0.2) is 4.98 Å². The van der Waals surface area contributed by atoms with Gasteiger partial charge in [0, 0.05) is 37.8 Å². The molecule has 0 bridgehead atoms. The SMILES string of the molecule is O=C(CCN1C(=O)c2ccccc2C1=O)NCCc1cnc[nH]1. The van der Waals surface area contributed by atoms with E-state index in [1.165, 1.54) is 0 Å². The molecule has 3 amide bonds. The average Bonchev–Trinajstić information content (AvgIpc) is 3.15. The third kappa shape index (κ3) is 3.13. The van der Waals surface area contributed by atoms with Gasteiger partial charge in [0.2, 0.25) is 5.91 Å². The van der Waals surface area contributed by atoms with E-state index in [0.29, 0.717) is 24.1 Å². The predicted octanol–water partition coefficient (Wildman–Crippen LogP) is 0.755. The summed E-state index contributed by atoms with van der Waals surface area (Å²) in [6, 6.07) is 6.69. The highest BCUT2D eigenvalue weighted by Crippen LogP contribution is 2.22. The van der Waals surface area contributed by atoms with Gasteiger partial charge in [0.15, 0.2) is 0 Å². The number of imidazole rings is 1. The normalized spacial score (nSPS) is 13.3. The van der Waals surface area contributed by atoms with Crippen molar-refractivity contribution in [3.8, 4) is 0 Å². The lowest BCUT2D eigenvalue weighted by atomic mass is 10.1. The van der Waals surface area contributed by atoms with Crippen LogP contribution in [0.15, 0.2) is 36.8 Å². The monoisotopic (exact) mass is 312 g/mol. The summed E-state index contributed by atoms with van der Waals surface area (Å²) in [5.41, 5.74) is 1.74. The summed E-state index contributed by atoms with van der Waals surface area (Å²) in [6.45, 7) is 0.561. The van der Waals surface area contributed by atoms with E-state index in [9.17, 15) is 14.4 Å². The number of aromatic nitrogens is 2. The van der Waals surface area contributed by atoms with Gasteiger partial charge in [-0.05, 0) is 12.1 Å². The second kappa shape index (κ2) is 6.43. The fourth-order valence-corrected chi connectivity index (χ4v) is 2.50. The summed E-state index contributed by atoms with van der Waals surface area (Å²) in [7, 11) is 0. The van der Waals surface area contributed by atoms with Gasteiger partial charge in [-0.3, -0.25) is 19.3 Å². The third-order valence-electron chi connectivity index (χ3n) is 3.71. The molecule has 118 valence electrons. The van der Waals surface area contributed by atoms with Crippen LogP contribution in [-0.2, 0) is 11.2 Å². The zero-order valence-electron chi connectivity index (χ0n) is 12.4. The fraction of sp³-hybridized carbons (Fsp3) is 0.250. The molecule has 2 heterocycles. The van der Waals surface area contributed by atoms with Crippen LogP contribution in [-0.4, -0.2) is 45.7 Å². The van der Waals surface area contributed by atoms with Crippen LogP contribution in [0.1, 0.15) is 32.8 Å². The number of nitrogens with zero attached hydrogens (tertiary/aromatic N) is 2. The highest BCUT2D eigenvalue weighted by atomic mass is 16.2. The second-order valence-electron chi connectivity index (χ2n) is 5.23. The van der Waals surface area contributed by atoms with Crippen LogP contribution in [0.4, 0.5) is 0 Å². The summed E-state index contributed by atoms with van der Waals surface area (Å²) in [5.74, 6) is -0.868. The first-order valence-corrected chi connectivity index (χ1v) is 7.36. The molecule has 0 spiro atoms. The molecule has 2 aromatic rings. The van der Waals surface area contributed by atoms with Crippen LogP contribution in [0.3, 0.4) is 0 Å². The Labute approximate surface area is 132 Å². The molecule has 23 heavy (non-hydrogen) atoms. The van der Waals surface area contributed by atoms with Crippen LogP contribution in [0.2, 0.25) is 0 Å². The van der Waals surface area contributed by atoms with Crippen LogP contribution in [0, 0.1) is 0 Å². The van der Waals surface area contributed by atoms with Crippen molar-refractivity contribution in [2.75, 3.05) is 13.1 Å². The van der Waals surface area contributed by atoms with Crippen LogP contribution < -0.4 is 5.32 Å². The molecule has 3 rings (SSSR count). The molecule has 1 aromatic heterocycles. The minimum atomic E-state index is -0.337. The van der Waals surface area contributed by atoms with Crippen LogP contribution in [0.5, 0.6) is 0 Å². The third-order valence-corrected chi connectivity index (χ3v) is 3.71. The molecule has 7 heteroatoms. The molecular formula is C16H16N4O3. The van der Waals surface area contributed by atoms with Gasteiger partial charge in [0.1, 0.15) is 0 Å². The lowest BCUT2D eigenvalue weighted by molar-refractivity contribution is -0.121. The zero-order valence-corrected chi connectivity index (χ0v) is 12.4. The highest BCUT2D eigenvalue weighted by molar-refractivity contribution is 6.21. The number of carbonyl (C=O) groups excluding carboxylic acids is 3. The summed E-state index contributed by atoms with van der Waals surface area (Å²) in [4.78, 5) is 44.1. The molecule has 0 saturated heterocycles. The number of carbonyl (C=O) groups is 3. The molecule has 2 N–H and O–H groups in total. The molecule has 0 atom stereocenters. The highest BCUT2D eigenvalue weighted by Gasteiger charge is 2.34. The standard InChI is InChI=1S/C16H16N4O3/c21-14(18-7-5-11-9-17-10-19-11)6-8-20-15(22)12-3-1-2-4-13(12)16(20)23/h1-4,9-10H,5-8H2,(H,17,19)(H,18,21). The van der Waals surface area contributed by atoms with Gasteiger partial charge in [0.25, 0.3) is 11.8 Å². The van der Waals surface area contributed by atoms with Gasteiger partial charge in [-0.2, -0.15) is 0 Å². The molecule has 1 aliphatic heterocycles. The van der Waals surface area contributed by atoms with E-state index in [0.717, 1.165) is 10.6 Å². The Bertz CT molecular complexity index is 705. The van der Waals surface area contributed by atoms with Crippen molar-refractivity contribution < 1.29 is 14.4 Å². The Morgan fingerprint density at radius 3 is 2.48 bits per heavy atom. The number of rotatable bonds is 6. The van der Waals surface area contributed by atoms with Crippen molar-refractivity contribution in [3.63, 3.8) is 0 Å². The fourth-order valence-electron chi connectivity index (χ4n) is 2.50. The molecule has 0 unspecified atom stereocenters. The number of nitrogens with one attached hydrogen (secondary N) is 2. The number of aromatic amines is 1. The Kier molecular flexibility index (Phi) is 4.18. The number of hydrogen-bond acceptors (Lipinski definition) is 4. The predicted molar refractivity (Wildman–Crippen MR) is 81.7 cm³/mol. The number of H-pyrrole nitrogens is 1. The van der Waals surface area contributed by atoms with Crippen molar-refractivity contribution in [1.82, 2.24) is 20.2 Å². The van der Waals surface area contributed by atoms with E-state index >= 15 is 0 Å². The topological polar surface area (TPSA) is 95.2 Å². The maximum Gasteiger partial charge on any atom is 0.261 e. The van der Waals surface area contributed by atoms with Gasteiger partial charge in [0.05, 0.1) is 17.5 Å². The quantitative estimate of drug-likeness (QED) is 0.770. The van der Waals surface area contributed by atoms with Crippen molar-refractivity contribution in [3.05, 3.63) is 53.6 Å². The maximum atomic E-state index is 12.2. The van der Waals surface area contributed by atoms with Crippen molar-refractivity contribution in [2.24, 2.45) is 0 Å². The van der Waals surface area contributed by atoms with Crippen molar-refractivity contribution in [2.45, 2.75) is 12.8 Å². The van der Waals surface area contributed by atoms with E-state index in [-0.39, 0.29) is 30.7 Å². The average molecular weight is 312 g/mol. The zero-order chi connectivity index (χ0) is 16.2. The van der Waals surface area contributed by atoms with E-state index in [1.807, 2.05) is 0 Å². The van der Waals surface area contributed by atoms with E-state index in [1.54, 1.807) is 36.8 Å². The summed E-state index contributed by atoms with van der Waals surface area (Å²) >= 11 is 0. The van der Waals surface area contributed by atoms with Crippen molar-refractivity contribution >= 4 is 17.7 Å². The molecular weight excluding hydrogens is 296 g/mol. The molecule has 0 saturated carbocycles. The Balaban J connectivity index is 1.48. The number of fused-ring (bicyclic) bond motifs is 1. The molecule has 7 nitrogen and oxygen atoms in total. The molecule has 1 aliphatic rings. The van der Waals surface area contributed by atoms with Gasteiger partial charge in [-0.1, -0.05) is 12.1 Å². The molecule has 0 aliphatic carbocycles. The number of hydrogen-bond donors (Lipinski definition) is 2. The number of benzene rings is 1. The summed E-state index contributed by atoms with van der Waals surface area (Å²) in [5, 5.41) is 2.76. The smallest absolute Gasteiger partial charge is 0.261 e. The van der Waals surface area contributed by atoms with Gasteiger partial charge >= 0.3 is 0 Å². The Morgan fingerprint density at radius 1 is 1.17 bits per heavy atom. The first kappa shape index (κ1) is 15.0. The number of imide groups is 1.